The van der Waals surface area contributed by atoms with Gasteiger partial charge in [0.1, 0.15) is 0 Å². The maximum absolute atomic E-state index is 12.0. The Kier molecular flexibility index (Phi) is 6.27. The van der Waals surface area contributed by atoms with Gasteiger partial charge < -0.3 is 15.3 Å². The first-order chi connectivity index (χ1) is 8.81. The van der Waals surface area contributed by atoms with Gasteiger partial charge in [0.25, 0.3) is 0 Å². The van der Waals surface area contributed by atoms with Crippen molar-refractivity contribution in [2.75, 3.05) is 19.6 Å². The smallest absolute Gasteiger partial charge is 0.222 e. The van der Waals surface area contributed by atoms with Gasteiger partial charge in [-0.2, -0.15) is 0 Å². The Bertz CT molecular complexity index is 286. The molecule has 0 bridgehead atoms. The van der Waals surface area contributed by atoms with Gasteiger partial charge in [-0.25, -0.2) is 0 Å². The summed E-state index contributed by atoms with van der Waals surface area (Å²) in [5.74, 6) is 0.865. The molecule has 1 fully saturated rings. The minimum absolute atomic E-state index is 0.00289. The molecule has 0 aromatic heterocycles. The minimum atomic E-state index is -0.485. The Balaban J connectivity index is 2.40. The third-order valence-electron chi connectivity index (χ3n) is 3.80. The van der Waals surface area contributed by atoms with Crippen molar-refractivity contribution in [2.45, 2.75) is 65.0 Å². The Morgan fingerprint density at radius 1 is 1.42 bits per heavy atom. The maximum atomic E-state index is 12.0. The first kappa shape index (κ1) is 16.4. The highest BCUT2D eigenvalue weighted by Crippen LogP contribution is 2.21. The van der Waals surface area contributed by atoms with E-state index >= 15 is 0 Å². The van der Waals surface area contributed by atoms with Crippen LogP contribution in [0.3, 0.4) is 0 Å². The van der Waals surface area contributed by atoms with Crippen LogP contribution in [0.1, 0.15) is 53.4 Å². The predicted molar refractivity (Wildman–Crippen MR) is 78.0 cm³/mol. The second-order valence-corrected chi connectivity index (χ2v) is 6.73. The largest absolute Gasteiger partial charge is 0.390 e. The number of carbonyl (C=O) groups is 1. The number of hydrogen-bond acceptors (Lipinski definition) is 3. The lowest BCUT2D eigenvalue weighted by Gasteiger charge is -2.27. The van der Waals surface area contributed by atoms with Crippen LogP contribution in [-0.4, -0.2) is 47.2 Å². The lowest BCUT2D eigenvalue weighted by atomic mass is 9.98. The summed E-state index contributed by atoms with van der Waals surface area (Å²) >= 11 is 0. The number of aliphatic hydroxyl groups is 1. The van der Waals surface area contributed by atoms with Gasteiger partial charge in [0.05, 0.1) is 6.10 Å². The summed E-state index contributed by atoms with van der Waals surface area (Å²) in [6, 6.07) is 0. The van der Waals surface area contributed by atoms with Gasteiger partial charge in [-0.15, -0.1) is 0 Å². The molecule has 1 aliphatic rings. The average Bonchev–Trinajstić information content (AvgIpc) is 2.49. The maximum Gasteiger partial charge on any atom is 0.222 e. The quantitative estimate of drug-likeness (QED) is 0.800. The van der Waals surface area contributed by atoms with Gasteiger partial charge in [-0.1, -0.05) is 13.3 Å². The molecule has 1 heterocycles. The molecule has 1 rings (SSSR count). The monoisotopic (exact) mass is 270 g/mol. The number of amides is 1. The molecular weight excluding hydrogens is 240 g/mol. The molecule has 2 N–H and O–H groups in total. The summed E-state index contributed by atoms with van der Waals surface area (Å²) < 4.78 is 0. The van der Waals surface area contributed by atoms with Crippen LogP contribution in [0.4, 0.5) is 0 Å². The molecule has 0 saturated carbocycles. The summed E-state index contributed by atoms with van der Waals surface area (Å²) in [6.07, 6.45) is 3.37. The van der Waals surface area contributed by atoms with E-state index in [1.807, 2.05) is 4.90 Å². The summed E-state index contributed by atoms with van der Waals surface area (Å²) in [5.41, 5.74) is -0.00289. The van der Waals surface area contributed by atoms with Crippen LogP contribution in [0.5, 0.6) is 0 Å². The molecule has 1 amide bonds. The van der Waals surface area contributed by atoms with Crippen LogP contribution in [0, 0.1) is 5.92 Å². The van der Waals surface area contributed by atoms with E-state index in [4.69, 9.17) is 0 Å². The normalized spacial score (nSPS) is 23.3. The standard InChI is InChI=1S/C15H30N2O2/c1-5-12-6-7-14(19)17(9-8-12)11-13(18)10-16-15(2,3)4/h12-13,16,18H,5-11H2,1-4H3. The number of nitrogens with zero attached hydrogens (tertiary/aromatic N) is 1. The van der Waals surface area contributed by atoms with E-state index in [2.05, 4.69) is 33.0 Å². The average molecular weight is 270 g/mol. The zero-order valence-corrected chi connectivity index (χ0v) is 12.9. The molecule has 0 aromatic rings. The lowest BCUT2D eigenvalue weighted by Crippen LogP contribution is -2.46. The van der Waals surface area contributed by atoms with Crippen molar-refractivity contribution in [3.05, 3.63) is 0 Å². The number of likely N-dealkylation sites (tertiary alicyclic amines) is 1. The Labute approximate surface area is 117 Å². The summed E-state index contributed by atoms with van der Waals surface area (Å²) in [4.78, 5) is 13.8. The molecule has 1 saturated heterocycles. The number of nitrogens with one attached hydrogen (secondary N) is 1. The molecule has 0 aromatic carbocycles. The fraction of sp³-hybridized carbons (Fsp3) is 0.933. The topological polar surface area (TPSA) is 52.6 Å². The highest BCUT2D eigenvalue weighted by atomic mass is 16.3. The minimum Gasteiger partial charge on any atom is -0.390 e. The second-order valence-electron chi connectivity index (χ2n) is 6.73. The number of rotatable bonds is 5. The lowest BCUT2D eigenvalue weighted by molar-refractivity contribution is -0.132. The molecule has 0 radical (unpaired) electrons. The molecule has 19 heavy (non-hydrogen) atoms. The van der Waals surface area contributed by atoms with Gasteiger partial charge in [-0.05, 0) is 39.5 Å². The Hall–Kier alpha value is -0.610. The third-order valence-corrected chi connectivity index (χ3v) is 3.80. The molecule has 2 atom stereocenters. The van der Waals surface area contributed by atoms with Gasteiger partial charge >= 0.3 is 0 Å². The highest BCUT2D eigenvalue weighted by molar-refractivity contribution is 5.76. The molecule has 4 heteroatoms. The molecule has 1 aliphatic heterocycles. The van der Waals surface area contributed by atoms with Crippen LogP contribution in [0.15, 0.2) is 0 Å². The molecule has 112 valence electrons. The van der Waals surface area contributed by atoms with Crippen LogP contribution in [0.2, 0.25) is 0 Å². The van der Waals surface area contributed by atoms with E-state index in [9.17, 15) is 9.90 Å². The van der Waals surface area contributed by atoms with Crippen molar-refractivity contribution in [1.82, 2.24) is 10.2 Å². The zero-order valence-electron chi connectivity index (χ0n) is 12.9. The molecule has 0 spiro atoms. The van der Waals surface area contributed by atoms with Crippen molar-refractivity contribution < 1.29 is 9.90 Å². The van der Waals surface area contributed by atoms with Crippen molar-refractivity contribution >= 4 is 5.91 Å². The number of aliphatic hydroxyl groups excluding tert-OH is 1. The Morgan fingerprint density at radius 2 is 2.11 bits per heavy atom. The Morgan fingerprint density at radius 3 is 2.68 bits per heavy atom. The van der Waals surface area contributed by atoms with Gasteiger partial charge in [0.15, 0.2) is 0 Å². The first-order valence-electron chi connectivity index (χ1n) is 7.52. The van der Waals surface area contributed by atoms with Crippen molar-refractivity contribution in [3.63, 3.8) is 0 Å². The second kappa shape index (κ2) is 7.25. The molecule has 2 unspecified atom stereocenters. The van der Waals surface area contributed by atoms with Gasteiger partial charge in [0, 0.05) is 31.6 Å². The SMILES string of the molecule is CCC1CCC(=O)N(CC(O)CNC(C)(C)C)CC1. The van der Waals surface area contributed by atoms with E-state index in [-0.39, 0.29) is 11.4 Å². The van der Waals surface area contributed by atoms with Gasteiger partial charge in [-0.3, -0.25) is 4.79 Å². The fourth-order valence-electron chi connectivity index (χ4n) is 2.44. The summed E-state index contributed by atoms with van der Waals surface area (Å²) in [6.45, 7) is 10.2. The van der Waals surface area contributed by atoms with Crippen LogP contribution in [0.25, 0.3) is 0 Å². The van der Waals surface area contributed by atoms with Gasteiger partial charge in [0.2, 0.25) is 5.91 Å². The number of carbonyl (C=O) groups excluding carboxylic acids is 1. The van der Waals surface area contributed by atoms with E-state index in [0.717, 1.165) is 25.8 Å². The predicted octanol–water partition coefficient (Wildman–Crippen LogP) is 1.77. The van der Waals surface area contributed by atoms with Crippen molar-refractivity contribution in [1.29, 1.82) is 0 Å². The van der Waals surface area contributed by atoms with E-state index in [1.165, 1.54) is 0 Å². The third kappa shape index (κ3) is 6.39. The number of hydrogen-bond donors (Lipinski definition) is 2. The van der Waals surface area contributed by atoms with Crippen molar-refractivity contribution in [3.8, 4) is 0 Å². The zero-order chi connectivity index (χ0) is 14.5. The fourth-order valence-corrected chi connectivity index (χ4v) is 2.44. The highest BCUT2D eigenvalue weighted by Gasteiger charge is 2.23. The van der Waals surface area contributed by atoms with Crippen LogP contribution in [-0.2, 0) is 4.79 Å². The van der Waals surface area contributed by atoms with Crippen LogP contribution >= 0.6 is 0 Å². The summed E-state index contributed by atoms with van der Waals surface area (Å²) in [7, 11) is 0. The molecule has 0 aliphatic carbocycles. The number of β-amino-alcohol motifs (C(OH)–C–C–N with tert-alkyl or cyclic N) is 1. The van der Waals surface area contributed by atoms with Crippen LogP contribution < -0.4 is 5.32 Å². The summed E-state index contributed by atoms with van der Waals surface area (Å²) in [5, 5.41) is 13.3. The van der Waals surface area contributed by atoms with Crippen molar-refractivity contribution in [2.24, 2.45) is 5.92 Å². The molecule has 4 nitrogen and oxygen atoms in total. The van der Waals surface area contributed by atoms with E-state index in [1.54, 1.807) is 0 Å². The first-order valence-corrected chi connectivity index (χ1v) is 7.52. The van der Waals surface area contributed by atoms with E-state index in [0.29, 0.717) is 25.4 Å². The molecular formula is C15H30N2O2. The van der Waals surface area contributed by atoms with E-state index < -0.39 is 6.10 Å².